The second-order valence-electron chi connectivity index (χ2n) is 8.18. The quantitative estimate of drug-likeness (QED) is 0.386. The second-order valence-corrected chi connectivity index (χ2v) is 8.18. The summed E-state index contributed by atoms with van der Waals surface area (Å²) < 4.78 is 19.7. The maximum Gasteiger partial charge on any atom is 0.129 e. The van der Waals surface area contributed by atoms with Gasteiger partial charge in [0.25, 0.3) is 0 Å². The summed E-state index contributed by atoms with van der Waals surface area (Å²) in [6.07, 6.45) is 14.3. The molecular weight excluding hydrogens is 323 g/mol. The van der Waals surface area contributed by atoms with Crippen molar-refractivity contribution in [3.63, 3.8) is 0 Å². The molecule has 3 rings (SSSR count). The van der Waals surface area contributed by atoms with Crippen LogP contribution in [-0.2, 0) is 11.3 Å². The molecule has 2 aliphatic carbocycles. The second kappa shape index (κ2) is 9.50. The van der Waals surface area contributed by atoms with Crippen molar-refractivity contribution in [2.75, 3.05) is 6.61 Å². The SMILES string of the molecule is C=CCOCc1ccc(C2CCC([C@H]3CC[C@H](C=C)CC3)CC2)cc1F. The van der Waals surface area contributed by atoms with E-state index in [0.717, 1.165) is 17.8 Å². The van der Waals surface area contributed by atoms with Crippen molar-refractivity contribution in [1.29, 1.82) is 0 Å². The molecular formula is C24H33FO. The highest BCUT2D eigenvalue weighted by molar-refractivity contribution is 5.27. The van der Waals surface area contributed by atoms with E-state index in [2.05, 4.69) is 25.3 Å². The maximum atomic E-state index is 14.4. The van der Waals surface area contributed by atoms with Gasteiger partial charge < -0.3 is 4.74 Å². The average Bonchev–Trinajstić information content (AvgIpc) is 2.69. The Morgan fingerprint density at radius 1 is 0.962 bits per heavy atom. The molecule has 0 aliphatic heterocycles. The van der Waals surface area contributed by atoms with Crippen LogP contribution in [0.1, 0.15) is 68.4 Å². The van der Waals surface area contributed by atoms with Gasteiger partial charge in [-0.25, -0.2) is 4.39 Å². The summed E-state index contributed by atoms with van der Waals surface area (Å²) in [5.74, 6) is 2.94. The van der Waals surface area contributed by atoms with Gasteiger partial charge in [0.15, 0.2) is 0 Å². The van der Waals surface area contributed by atoms with Gasteiger partial charge in [0.2, 0.25) is 0 Å². The molecule has 0 bridgehead atoms. The van der Waals surface area contributed by atoms with Crippen LogP contribution in [0.25, 0.3) is 0 Å². The van der Waals surface area contributed by atoms with E-state index in [0.29, 0.717) is 24.7 Å². The van der Waals surface area contributed by atoms with Crippen LogP contribution in [-0.4, -0.2) is 6.61 Å². The molecule has 2 aliphatic rings. The third-order valence-electron chi connectivity index (χ3n) is 6.63. The van der Waals surface area contributed by atoms with Crippen molar-refractivity contribution in [1.82, 2.24) is 0 Å². The smallest absolute Gasteiger partial charge is 0.129 e. The number of benzene rings is 1. The van der Waals surface area contributed by atoms with Gasteiger partial charge in [0.05, 0.1) is 13.2 Å². The van der Waals surface area contributed by atoms with Crippen LogP contribution in [0.5, 0.6) is 0 Å². The van der Waals surface area contributed by atoms with Crippen LogP contribution >= 0.6 is 0 Å². The van der Waals surface area contributed by atoms with Crippen LogP contribution < -0.4 is 0 Å². The molecule has 2 fully saturated rings. The lowest BCUT2D eigenvalue weighted by Crippen LogP contribution is -2.25. The minimum absolute atomic E-state index is 0.128. The number of rotatable bonds is 7. The summed E-state index contributed by atoms with van der Waals surface area (Å²) in [7, 11) is 0. The first-order chi connectivity index (χ1) is 12.7. The molecule has 26 heavy (non-hydrogen) atoms. The normalized spacial score (nSPS) is 29.3. The topological polar surface area (TPSA) is 9.23 Å². The van der Waals surface area contributed by atoms with Gasteiger partial charge in [-0.05, 0) is 86.7 Å². The summed E-state index contributed by atoms with van der Waals surface area (Å²) in [6.45, 7) is 8.35. The van der Waals surface area contributed by atoms with Crippen molar-refractivity contribution in [2.45, 2.75) is 63.9 Å². The molecule has 0 heterocycles. The van der Waals surface area contributed by atoms with Gasteiger partial charge in [-0.2, -0.15) is 0 Å². The molecule has 0 amide bonds. The van der Waals surface area contributed by atoms with Crippen molar-refractivity contribution in [3.05, 3.63) is 60.5 Å². The van der Waals surface area contributed by atoms with E-state index < -0.39 is 0 Å². The highest BCUT2D eigenvalue weighted by Gasteiger charge is 2.30. The first-order valence-corrected chi connectivity index (χ1v) is 10.3. The number of halogens is 1. The van der Waals surface area contributed by atoms with Gasteiger partial charge in [0, 0.05) is 5.56 Å². The minimum atomic E-state index is -0.128. The monoisotopic (exact) mass is 356 g/mol. The van der Waals surface area contributed by atoms with E-state index in [-0.39, 0.29) is 5.82 Å². The number of hydrogen-bond acceptors (Lipinski definition) is 1. The molecule has 1 aromatic rings. The summed E-state index contributed by atoms with van der Waals surface area (Å²) in [5.41, 5.74) is 1.81. The standard InChI is InChI=1S/C24H33FO/c1-3-15-26-17-23-14-13-22(16-24(23)25)21-11-9-20(10-12-21)19-7-5-18(4-2)6-8-19/h3-4,13-14,16,18-21H,1-2,5-12,15,17H2/t18-,19-,20?,21?. The first kappa shape index (κ1) is 19.4. The van der Waals surface area contributed by atoms with Crippen LogP contribution in [0.3, 0.4) is 0 Å². The fourth-order valence-corrected chi connectivity index (χ4v) is 4.96. The minimum Gasteiger partial charge on any atom is -0.373 e. The Kier molecular flexibility index (Phi) is 7.07. The third-order valence-corrected chi connectivity index (χ3v) is 6.63. The molecule has 0 radical (unpaired) electrons. The third kappa shape index (κ3) is 4.85. The van der Waals surface area contributed by atoms with Crippen molar-refractivity contribution in [3.8, 4) is 0 Å². The summed E-state index contributed by atoms with van der Waals surface area (Å²) in [6, 6.07) is 5.75. The number of allylic oxidation sites excluding steroid dienone is 1. The molecule has 0 saturated heterocycles. The van der Waals surface area contributed by atoms with E-state index in [1.165, 1.54) is 56.9 Å². The first-order valence-electron chi connectivity index (χ1n) is 10.3. The van der Waals surface area contributed by atoms with Gasteiger partial charge >= 0.3 is 0 Å². The maximum absolute atomic E-state index is 14.4. The fourth-order valence-electron chi connectivity index (χ4n) is 4.96. The molecule has 142 valence electrons. The number of hydrogen-bond donors (Lipinski definition) is 0. The Labute approximate surface area is 158 Å². The summed E-state index contributed by atoms with van der Waals surface area (Å²) in [4.78, 5) is 0. The Hall–Kier alpha value is -1.41. The van der Waals surface area contributed by atoms with Gasteiger partial charge in [0.1, 0.15) is 5.82 Å². The molecule has 0 aromatic heterocycles. The van der Waals surface area contributed by atoms with Crippen molar-refractivity contribution < 1.29 is 9.13 Å². The van der Waals surface area contributed by atoms with E-state index in [1.807, 2.05) is 6.07 Å². The molecule has 2 saturated carbocycles. The van der Waals surface area contributed by atoms with Crippen LogP contribution in [0.2, 0.25) is 0 Å². The van der Waals surface area contributed by atoms with E-state index in [4.69, 9.17) is 4.74 Å². The Bertz CT molecular complexity index is 592. The van der Waals surface area contributed by atoms with E-state index in [1.54, 1.807) is 12.1 Å². The summed E-state index contributed by atoms with van der Waals surface area (Å²) in [5, 5.41) is 0. The lowest BCUT2D eigenvalue weighted by atomic mass is 9.68. The van der Waals surface area contributed by atoms with Crippen molar-refractivity contribution >= 4 is 0 Å². The molecule has 0 atom stereocenters. The molecule has 1 nitrogen and oxygen atoms in total. The Morgan fingerprint density at radius 2 is 1.62 bits per heavy atom. The largest absolute Gasteiger partial charge is 0.373 e. The Morgan fingerprint density at radius 3 is 2.19 bits per heavy atom. The van der Waals surface area contributed by atoms with Gasteiger partial charge in [-0.1, -0.05) is 24.3 Å². The molecule has 1 aromatic carbocycles. The predicted octanol–water partition coefficient (Wildman–Crippen LogP) is 6.79. The van der Waals surface area contributed by atoms with E-state index in [9.17, 15) is 4.39 Å². The lowest BCUT2D eigenvalue weighted by Gasteiger charge is -2.37. The van der Waals surface area contributed by atoms with Crippen LogP contribution in [0, 0.1) is 23.6 Å². The average molecular weight is 357 g/mol. The van der Waals surface area contributed by atoms with Crippen molar-refractivity contribution in [2.24, 2.45) is 17.8 Å². The zero-order valence-electron chi connectivity index (χ0n) is 16.0. The molecule has 0 N–H and O–H groups in total. The predicted molar refractivity (Wildman–Crippen MR) is 107 cm³/mol. The van der Waals surface area contributed by atoms with Crippen LogP contribution in [0.15, 0.2) is 43.5 Å². The highest BCUT2D eigenvalue weighted by atomic mass is 19.1. The zero-order valence-corrected chi connectivity index (χ0v) is 16.0. The van der Waals surface area contributed by atoms with E-state index >= 15 is 0 Å². The molecule has 0 unspecified atom stereocenters. The zero-order chi connectivity index (χ0) is 18.4. The summed E-state index contributed by atoms with van der Waals surface area (Å²) >= 11 is 0. The van der Waals surface area contributed by atoms with Gasteiger partial charge in [-0.15, -0.1) is 13.2 Å². The lowest BCUT2D eigenvalue weighted by molar-refractivity contribution is 0.146. The molecule has 0 spiro atoms. The highest BCUT2D eigenvalue weighted by Crippen LogP contribution is 2.44. The van der Waals surface area contributed by atoms with Crippen LogP contribution in [0.4, 0.5) is 4.39 Å². The fraction of sp³-hybridized carbons (Fsp3) is 0.583. The van der Waals surface area contributed by atoms with Gasteiger partial charge in [-0.3, -0.25) is 0 Å². The number of ether oxygens (including phenoxy) is 1. The Balaban J connectivity index is 1.51. The molecule has 2 heteroatoms.